The van der Waals surface area contributed by atoms with E-state index < -0.39 is 11.1 Å². The molecule has 3 rings (SSSR count). The summed E-state index contributed by atoms with van der Waals surface area (Å²) in [6.07, 6.45) is 7.85. The summed E-state index contributed by atoms with van der Waals surface area (Å²) in [6.45, 7) is 8.06. The summed E-state index contributed by atoms with van der Waals surface area (Å²) in [5, 5.41) is 2.94. The van der Waals surface area contributed by atoms with E-state index in [1.165, 1.54) is 34.8 Å². The Morgan fingerprint density at radius 1 is 0.967 bits per heavy atom. The number of nitrogens with one attached hydrogen (secondary N) is 1. The summed E-state index contributed by atoms with van der Waals surface area (Å²) in [4.78, 5) is 39.9. The molecule has 7 heteroatoms. The molecule has 1 aromatic heterocycles. The maximum Gasteiger partial charge on any atom is 0.317 e. The van der Waals surface area contributed by atoms with Crippen LogP contribution < -0.4 is 16.4 Å². The molecular formula is C23H32N4O3. The number of nitrogens with zero attached hydrogens (tertiary/aromatic N) is 3. The van der Waals surface area contributed by atoms with Crippen LogP contribution in [0.1, 0.15) is 38.5 Å². The SMILES string of the molecule is C=CCn1c(=O)c(=O)n(CCC(=O)NCCCN2CCCCCC2)c2ccccc21. The number of para-hydroxylation sites is 2. The number of amides is 1. The maximum absolute atomic E-state index is 12.6. The molecule has 1 fully saturated rings. The molecule has 0 atom stereocenters. The van der Waals surface area contributed by atoms with Crippen molar-refractivity contribution in [1.82, 2.24) is 19.4 Å². The van der Waals surface area contributed by atoms with E-state index in [-0.39, 0.29) is 25.4 Å². The number of carbonyl (C=O) groups is 1. The van der Waals surface area contributed by atoms with Crippen molar-refractivity contribution in [2.75, 3.05) is 26.2 Å². The van der Waals surface area contributed by atoms with E-state index in [9.17, 15) is 14.4 Å². The Morgan fingerprint density at radius 2 is 1.60 bits per heavy atom. The van der Waals surface area contributed by atoms with Crippen molar-refractivity contribution in [3.05, 3.63) is 57.6 Å². The highest BCUT2D eigenvalue weighted by Gasteiger charge is 2.13. The predicted molar refractivity (Wildman–Crippen MR) is 120 cm³/mol. The normalized spacial score (nSPS) is 15.1. The lowest BCUT2D eigenvalue weighted by Gasteiger charge is -2.19. The number of carbonyl (C=O) groups excluding carboxylic acids is 1. The van der Waals surface area contributed by atoms with Gasteiger partial charge in [-0.25, -0.2) is 0 Å². The minimum atomic E-state index is -0.607. The van der Waals surface area contributed by atoms with E-state index >= 15 is 0 Å². The Kier molecular flexibility index (Phi) is 8.02. The first-order chi connectivity index (χ1) is 14.6. The molecular weight excluding hydrogens is 380 g/mol. The zero-order valence-electron chi connectivity index (χ0n) is 17.6. The highest BCUT2D eigenvalue weighted by Crippen LogP contribution is 2.11. The fourth-order valence-electron chi connectivity index (χ4n) is 4.09. The van der Waals surface area contributed by atoms with Crippen LogP contribution in [0.5, 0.6) is 0 Å². The van der Waals surface area contributed by atoms with Gasteiger partial charge < -0.3 is 14.8 Å². The fraction of sp³-hybridized carbons (Fsp3) is 0.522. The van der Waals surface area contributed by atoms with Crippen molar-refractivity contribution in [3.63, 3.8) is 0 Å². The number of hydrogen-bond acceptors (Lipinski definition) is 4. The second kappa shape index (κ2) is 10.9. The van der Waals surface area contributed by atoms with E-state index in [1.807, 2.05) is 12.1 Å². The first kappa shape index (κ1) is 22.0. The lowest BCUT2D eigenvalue weighted by Crippen LogP contribution is -2.42. The maximum atomic E-state index is 12.6. The molecule has 30 heavy (non-hydrogen) atoms. The average Bonchev–Trinajstić information content (AvgIpc) is 3.03. The number of fused-ring (bicyclic) bond motifs is 1. The van der Waals surface area contributed by atoms with E-state index in [0.717, 1.165) is 26.1 Å². The number of aromatic nitrogens is 2. The van der Waals surface area contributed by atoms with Crippen LogP contribution in [0.25, 0.3) is 11.0 Å². The summed E-state index contributed by atoms with van der Waals surface area (Å²) < 4.78 is 2.83. The average molecular weight is 413 g/mol. The number of benzene rings is 1. The van der Waals surface area contributed by atoms with Gasteiger partial charge in [0.05, 0.1) is 11.0 Å². The van der Waals surface area contributed by atoms with Crippen molar-refractivity contribution < 1.29 is 4.79 Å². The third kappa shape index (κ3) is 5.48. The lowest BCUT2D eigenvalue weighted by atomic mass is 10.2. The smallest absolute Gasteiger partial charge is 0.317 e. The van der Waals surface area contributed by atoms with Gasteiger partial charge in [0.2, 0.25) is 5.91 Å². The molecule has 162 valence electrons. The Hall–Kier alpha value is -2.67. The quantitative estimate of drug-likeness (QED) is 0.389. The number of rotatable bonds is 9. The van der Waals surface area contributed by atoms with E-state index in [1.54, 1.807) is 18.2 Å². The molecule has 7 nitrogen and oxygen atoms in total. The summed E-state index contributed by atoms with van der Waals surface area (Å²) in [6, 6.07) is 7.25. The van der Waals surface area contributed by atoms with Crippen LogP contribution in [0.3, 0.4) is 0 Å². The van der Waals surface area contributed by atoms with Crippen molar-refractivity contribution >= 4 is 16.9 Å². The van der Waals surface area contributed by atoms with Gasteiger partial charge in [0, 0.05) is 26.1 Å². The standard InChI is InChI=1S/C23H32N4O3/c1-2-14-26-19-10-5-6-11-20(19)27(23(30)22(26)29)18-12-21(28)24-13-9-17-25-15-7-3-4-8-16-25/h2,5-6,10-11H,1,3-4,7-9,12-18H2,(H,24,28). The second-order valence-corrected chi connectivity index (χ2v) is 7.86. The monoisotopic (exact) mass is 412 g/mol. The third-order valence-electron chi connectivity index (χ3n) is 5.68. The van der Waals surface area contributed by atoms with Crippen molar-refractivity contribution in [1.29, 1.82) is 0 Å². The van der Waals surface area contributed by atoms with Gasteiger partial charge in [-0.1, -0.05) is 31.1 Å². The molecule has 2 aromatic rings. The molecule has 1 saturated heterocycles. The van der Waals surface area contributed by atoms with Crippen LogP contribution in [0.15, 0.2) is 46.5 Å². The Morgan fingerprint density at radius 3 is 2.27 bits per heavy atom. The van der Waals surface area contributed by atoms with Gasteiger partial charge >= 0.3 is 11.1 Å². The van der Waals surface area contributed by atoms with E-state index in [2.05, 4.69) is 16.8 Å². The van der Waals surface area contributed by atoms with Crippen LogP contribution >= 0.6 is 0 Å². The van der Waals surface area contributed by atoms with Crippen LogP contribution in [-0.2, 0) is 17.9 Å². The highest BCUT2D eigenvalue weighted by molar-refractivity contribution is 5.77. The van der Waals surface area contributed by atoms with Gasteiger partial charge in [0.25, 0.3) is 0 Å². The largest absolute Gasteiger partial charge is 0.356 e. The molecule has 0 aliphatic carbocycles. The second-order valence-electron chi connectivity index (χ2n) is 7.86. The number of hydrogen-bond donors (Lipinski definition) is 1. The Labute approximate surface area is 177 Å². The van der Waals surface area contributed by atoms with Crippen molar-refractivity contribution in [2.45, 2.75) is 51.6 Å². The highest BCUT2D eigenvalue weighted by atomic mass is 16.2. The zero-order chi connectivity index (χ0) is 21.3. The van der Waals surface area contributed by atoms with Gasteiger partial charge in [-0.2, -0.15) is 0 Å². The first-order valence-corrected chi connectivity index (χ1v) is 10.9. The summed E-state index contributed by atoms with van der Waals surface area (Å²) in [7, 11) is 0. The van der Waals surface area contributed by atoms with Gasteiger partial charge in [0.15, 0.2) is 0 Å². The van der Waals surface area contributed by atoms with Gasteiger partial charge in [-0.05, 0) is 51.0 Å². The molecule has 0 unspecified atom stereocenters. The third-order valence-corrected chi connectivity index (χ3v) is 5.68. The number of aryl methyl sites for hydroxylation is 1. The minimum Gasteiger partial charge on any atom is -0.356 e. The van der Waals surface area contributed by atoms with E-state index in [0.29, 0.717) is 17.6 Å². The number of allylic oxidation sites excluding steroid dienone is 1. The number of likely N-dealkylation sites (tertiary alicyclic amines) is 1. The zero-order valence-corrected chi connectivity index (χ0v) is 17.6. The fourth-order valence-corrected chi connectivity index (χ4v) is 4.09. The molecule has 1 aliphatic rings. The summed E-state index contributed by atoms with van der Waals surface area (Å²) >= 11 is 0. The van der Waals surface area contributed by atoms with Crippen LogP contribution in [-0.4, -0.2) is 46.1 Å². The van der Waals surface area contributed by atoms with Gasteiger partial charge in [-0.15, -0.1) is 6.58 Å². The topological polar surface area (TPSA) is 76.3 Å². The summed E-state index contributed by atoms with van der Waals surface area (Å²) in [5.41, 5.74) is 0.119. The molecule has 0 saturated carbocycles. The molecule has 0 spiro atoms. The van der Waals surface area contributed by atoms with Crippen LogP contribution in [0.4, 0.5) is 0 Å². The first-order valence-electron chi connectivity index (χ1n) is 10.9. The molecule has 1 aromatic carbocycles. The minimum absolute atomic E-state index is 0.0999. The molecule has 1 N–H and O–H groups in total. The molecule has 0 bridgehead atoms. The predicted octanol–water partition coefficient (Wildman–Crippen LogP) is 2.12. The Balaban J connectivity index is 1.57. The molecule has 1 amide bonds. The lowest BCUT2D eigenvalue weighted by molar-refractivity contribution is -0.121. The molecule has 2 heterocycles. The van der Waals surface area contributed by atoms with Gasteiger partial charge in [-0.3, -0.25) is 19.0 Å². The van der Waals surface area contributed by atoms with Gasteiger partial charge in [0.1, 0.15) is 0 Å². The van der Waals surface area contributed by atoms with Crippen molar-refractivity contribution in [3.8, 4) is 0 Å². The summed E-state index contributed by atoms with van der Waals surface area (Å²) in [5.74, 6) is -0.0999. The van der Waals surface area contributed by atoms with Crippen LogP contribution in [0.2, 0.25) is 0 Å². The molecule has 0 radical (unpaired) electrons. The van der Waals surface area contributed by atoms with Crippen molar-refractivity contribution in [2.24, 2.45) is 0 Å². The van der Waals surface area contributed by atoms with E-state index in [4.69, 9.17) is 0 Å². The van der Waals surface area contributed by atoms with Crippen LogP contribution in [0, 0.1) is 0 Å². The Bertz CT molecular complexity index is 984. The molecule has 1 aliphatic heterocycles.